The maximum atomic E-state index is 2.77. The van der Waals surface area contributed by atoms with E-state index in [2.05, 4.69) is 18.7 Å². The van der Waals surface area contributed by atoms with Crippen LogP contribution >= 0.6 is 0 Å². The number of unbranched alkanes of at least 4 members (excludes halogenated alkanes) is 2. The average molecular weight is 211 g/mol. The molecule has 0 atom stereocenters. The smallest absolute Gasteiger partial charge is 0.00952 e. The van der Waals surface area contributed by atoms with Crippen LogP contribution in [0.15, 0.2) is 0 Å². The molecular weight excluding hydrogens is 182 g/mol. The molecule has 0 aromatic heterocycles. The van der Waals surface area contributed by atoms with Crippen molar-refractivity contribution >= 4 is 0 Å². The first kappa shape index (κ1) is 13.0. The molecule has 0 amide bonds. The highest BCUT2D eigenvalue weighted by Crippen LogP contribution is 2.20. The van der Waals surface area contributed by atoms with Gasteiger partial charge in [0.2, 0.25) is 0 Å². The Bertz CT molecular complexity index is 130. The topological polar surface area (TPSA) is 3.24 Å². The van der Waals surface area contributed by atoms with Crippen molar-refractivity contribution in [3.8, 4) is 0 Å². The number of hydrogen-bond donors (Lipinski definition) is 0. The second-order valence-electron chi connectivity index (χ2n) is 5.03. The van der Waals surface area contributed by atoms with Crippen LogP contribution in [0.3, 0.4) is 0 Å². The summed E-state index contributed by atoms with van der Waals surface area (Å²) in [6.45, 7) is 7.37. The van der Waals surface area contributed by atoms with Crippen molar-refractivity contribution in [1.29, 1.82) is 0 Å². The number of piperidine rings is 1. The molecular formula is C14H29N. The van der Waals surface area contributed by atoms with Crippen LogP contribution in [0.1, 0.15) is 71.6 Å². The first-order chi connectivity index (χ1) is 7.38. The van der Waals surface area contributed by atoms with Gasteiger partial charge in [-0.25, -0.2) is 0 Å². The van der Waals surface area contributed by atoms with Gasteiger partial charge in [0.15, 0.2) is 0 Å². The lowest BCUT2D eigenvalue weighted by atomic mass is 9.99. The molecule has 0 bridgehead atoms. The van der Waals surface area contributed by atoms with Gasteiger partial charge in [-0.05, 0) is 38.8 Å². The van der Waals surface area contributed by atoms with Crippen LogP contribution in [-0.2, 0) is 0 Å². The fourth-order valence-electron chi connectivity index (χ4n) is 2.67. The van der Waals surface area contributed by atoms with E-state index in [4.69, 9.17) is 0 Å². The Morgan fingerprint density at radius 3 is 1.87 bits per heavy atom. The van der Waals surface area contributed by atoms with Crippen LogP contribution in [-0.4, -0.2) is 24.0 Å². The Morgan fingerprint density at radius 2 is 1.40 bits per heavy atom. The van der Waals surface area contributed by atoms with Crippen LogP contribution in [0.2, 0.25) is 0 Å². The summed E-state index contributed by atoms with van der Waals surface area (Å²) in [5, 5.41) is 0. The van der Waals surface area contributed by atoms with Crippen LogP contribution in [0.25, 0.3) is 0 Å². The highest BCUT2D eigenvalue weighted by Gasteiger charge is 2.19. The van der Waals surface area contributed by atoms with Gasteiger partial charge in [0.25, 0.3) is 0 Å². The molecule has 0 radical (unpaired) electrons. The number of hydrogen-bond acceptors (Lipinski definition) is 1. The second kappa shape index (κ2) is 8.15. The van der Waals surface area contributed by atoms with Crippen LogP contribution in [0.4, 0.5) is 0 Å². The maximum Gasteiger partial charge on any atom is 0.00952 e. The van der Waals surface area contributed by atoms with E-state index < -0.39 is 0 Å². The first-order valence-electron chi connectivity index (χ1n) is 7.12. The maximum absolute atomic E-state index is 2.77. The number of nitrogens with zero attached hydrogens (tertiary/aromatic N) is 1. The number of rotatable bonds is 7. The molecule has 1 nitrogen and oxygen atoms in total. The molecule has 0 aromatic rings. The quantitative estimate of drug-likeness (QED) is 0.609. The molecule has 0 aliphatic carbocycles. The lowest BCUT2D eigenvalue weighted by molar-refractivity contribution is 0.143. The second-order valence-corrected chi connectivity index (χ2v) is 5.03. The molecule has 0 spiro atoms. The van der Waals surface area contributed by atoms with Gasteiger partial charge in [0.1, 0.15) is 0 Å². The monoisotopic (exact) mass is 211 g/mol. The van der Waals surface area contributed by atoms with E-state index in [1.807, 2.05) is 0 Å². The van der Waals surface area contributed by atoms with E-state index in [1.54, 1.807) is 0 Å². The standard InChI is InChI=1S/C14H29N/c1-3-5-10-14(11-6-4-2)15-12-8-7-9-13-15/h14H,3-13H2,1-2H3. The largest absolute Gasteiger partial charge is 0.300 e. The first-order valence-corrected chi connectivity index (χ1v) is 7.12. The third-order valence-electron chi connectivity index (χ3n) is 3.69. The molecule has 1 heteroatoms. The molecule has 0 saturated carbocycles. The molecule has 90 valence electrons. The summed E-state index contributed by atoms with van der Waals surface area (Å²) in [7, 11) is 0. The van der Waals surface area contributed by atoms with Crippen molar-refractivity contribution < 1.29 is 0 Å². The van der Waals surface area contributed by atoms with Crippen molar-refractivity contribution in [3.63, 3.8) is 0 Å². The predicted octanol–water partition coefficient (Wildman–Crippen LogP) is 4.22. The van der Waals surface area contributed by atoms with Gasteiger partial charge in [0, 0.05) is 6.04 Å². The molecule has 15 heavy (non-hydrogen) atoms. The summed E-state index contributed by atoms with van der Waals surface area (Å²) < 4.78 is 0. The van der Waals surface area contributed by atoms with Crippen LogP contribution < -0.4 is 0 Å². The van der Waals surface area contributed by atoms with Crippen molar-refractivity contribution in [2.45, 2.75) is 77.7 Å². The van der Waals surface area contributed by atoms with E-state index in [0.29, 0.717) is 0 Å². The Kier molecular flexibility index (Phi) is 7.08. The Morgan fingerprint density at radius 1 is 0.867 bits per heavy atom. The van der Waals surface area contributed by atoms with Crippen LogP contribution in [0.5, 0.6) is 0 Å². The third-order valence-corrected chi connectivity index (χ3v) is 3.69. The molecule has 1 aliphatic rings. The van der Waals surface area contributed by atoms with Crippen molar-refractivity contribution in [1.82, 2.24) is 4.90 Å². The minimum atomic E-state index is 0.908. The molecule has 0 N–H and O–H groups in total. The fraction of sp³-hybridized carbons (Fsp3) is 1.00. The van der Waals surface area contributed by atoms with Crippen molar-refractivity contribution in [3.05, 3.63) is 0 Å². The summed E-state index contributed by atoms with van der Waals surface area (Å²) in [6.07, 6.45) is 12.8. The molecule has 0 aromatic carbocycles. The lowest BCUT2D eigenvalue weighted by Crippen LogP contribution is -2.39. The summed E-state index contributed by atoms with van der Waals surface area (Å²) in [6, 6.07) is 0.908. The molecule has 1 heterocycles. The summed E-state index contributed by atoms with van der Waals surface area (Å²) in [4.78, 5) is 2.77. The Hall–Kier alpha value is -0.0400. The highest BCUT2D eigenvalue weighted by atomic mass is 15.2. The van der Waals surface area contributed by atoms with Crippen molar-refractivity contribution in [2.24, 2.45) is 0 Å². The fourth-order valence-corrected chi connectivity index (χ4v) is 2.67. The van der Waals surface area contributed by atoms with Gasteiger partial charge < -0.3 is 4.90 Å². The van der Waals surface area contributed by atoms with E-state index in [1.165, 1.54) is 70.9 Å². The van der Waals surface area contributed by atoms with Crippen LogP contribution in [0, 0.1) is 0 Å². The molecule has 1 saturated heterocycles. The molecule has 1 aliphatic heterocycles. The highest BCUT2D eigenvalue weighted by molar-refractivity contribution is 4.74. The molecule has 1 rings (SSSR count). The molecule has 1 fully saturated rings. The number of likely N-dealkylation sites (tertiary alicyclic amines) is 1. The Labute approximate surface area is 96.2 Å². The van der Waals surface area contributed by atoms with Gasteiger partial charge in [-0.3, -0.25) is 0 Å². The van der Waals surface area contributed by atoms with Gasteiger partial charge in [-0.1, -0.05) is 46.0 Å². The average Bonchev–Trinajstić information content (AvgIpc) is 2.30. The zero-order valence-electron chi connectivity index (χ0n) is 10.8. The van der Waals surface area contributed by atoms with E-state index in [-0.39, 0.29) is 0 Å². The predicted molar refractivity (Wildman–Crippen MR) is 68.3 cm³/mol. The van der Waals surface area contributed by atoms with Gasteiger partial charge in [-0.15, -0.1) is 0 Å². The van der Waals surface area contributed by atoms with Gasteiger partial charge in [-0.2, -0.15) is 0 Å². The Balaban J connectivity index is 2.30. The SMILES string of the molecule is CCCCC(CCCC)N1CCCCC1. The summed E-state index contributed by atoms with van der Waals surface area (Å²) in [5.41, 5.74) is 0. The summed E-state index contributed by atoms with van der Waals surface area (Å²) >= 11 is 0. The lowest BCUT2D eigenvalue weighted by Gasteiger charge is -2.34. The normalized spacial score (nSPS) is 18.6. The zero-order valence-corrected chi connectivity index (χ0v) is 10.8. The van der Waals surface area contributed by atoms with E-state index >= 15 is 0 Å². The minimum Gasteiger partial charge on any atom is -0.300 e. The third kappa shape index (κ3) is 5.01. The van der Waals surface area contributed by atoms with E-state index in [9.17, 15) is 0 Å². The minimum absolute atomic E-state index is 0.908. The van der Waals surface area contributed by atoms with Gasteiger partial charge in [0.05, 0.1) is 0 Å². The zero-order chi connectivity index (χ0) is 10.9. The van der Waals surface area contributed by atoms with E-state index in [0.717, 1.165) is 6.04 Å². The molecule has 0 unspecified atom stereocenters. The summed E-state index contributed by atoms with van der Waals surface area (Å²) in [5.74, 6) is 0. The van der Waals surface area contributed by atoms with Crippen molar-refractivity contribution in [2.75, 3.05) is 13.1 Å². The van der Waals surface area contributed by atoms with Gasteiger partial charge >= 0.3 is 0 Å².